The van der Waals surface area contributed by atoms with E-state index in [-0.39, 0.29) is 12.2 Å². The molecule has 0 bridgehead atoms. The Bertz CT molecular complexity index is 824. The molecule has 4 nitrogen and oxygen atoms in total. The summed E-state index contributed by atoms with van der Waals surface area (Å²) in [5.41, 5.74) is 2.25. The molecule has 2 aliphatic rings. The molecule has 2 aliphatic heterocycles. The molecular formula is C25H33NO3. The Balaban J connectivity index is 1.36. The SMILES string of the molecule is C[C@H](CN1C[C@@H](C)[C@@H](C)C1)Oc1ccc([C@H]2C[C@H](C)c3cc(O)ccc3O2)cc1. The maximum atomic E-state index is 9.73. The van der Waals surface area contributed by atoms with Crippen LogP contribution in [0.25, 0.3) is 0 Å². The molecule has 4 rings (SSSR count). The van der Waals surface area contributed by atoms with Crippen molar-refractivity contribution in [2.45, 2.75) is 52.2 Å². The van der Waals surface area contributed by atoms with Crippen molar-refractivity contribution < 1.29 is 14.6 Å². The molecule has 4 heteroatoms. The summed E-state index contributed by atoms with van der Waals surface area (Å²) in [6.07, 6.45) is 1.10. The zero-order valence-electron chi connectivity index (χ0n) is 18.0. The lowest BCUT2D eigenvalue weighted by atomic mass is 9.89. The maximum absolute atomic E-state index is 9.73. The van der Waals surface area contributed by atoms with Crippen molar-refractivity contribution in [1.29, 1.82) is 0 Å². The second kappa shape index (κ2) is 8.27. The summed E-state index contributed by atoms with van der Waals surface area (Å²) in [5, 5.41) is 9.73. The summed E-state index contributed by atoms with van der Waals surface area (Å²) in [6, 6.07) is 13.7. The van der Waals surface area contributed by atoms with E-state index >= 15 is 0 Å². The molecule has 0 spiro atoms. The number of nitrogens with zero attached hydrogens (tertiary/aromatic N) is 1. The highest BCUT2D eigenvalue weighted by Crippen LogP contribution is 2.43. The number of likely N-dealkylation sites (tertiary alicyclic amines) is 1. The van der Waals surface area contributed by atoms with Gasteiger partial charge in [0.15, 0.2) is 0 Å². The van der Waals surface area contributed by atoms with Gasteiger partial charge in [-0.1, -0.05) is 32.9 Å². The number of hydrogen-bond acceptors (Lipinski definition) is 4. The topological polar surface area (TPSA) is 41.9 Å². The van der Waals surface area contributed by atoms with Crippen LogP contribution in [-0.4, -0.2) is 35.7 Å². The highest BCUT2D eigenvalue weighted by atomic mass is 16.5. The summed E-state index contributed by atoms with van der Waals surface area (Å²) in [6.45, 7) is 12.3. The van der Waals surface area contributed by atoms with Gasteiger partial charge >= 0.3 is 0 Å². The van der Waals surface area contributed by atoms with Crippen LogP contribution in [0.3, 0.4) is 0 Å². The number of aromatic hydroxyl groups is 1. The number of ether oxygens (including phenoxy) is 2. The predicted octanol–water partition coefficient (Wildman–Crippen LogP) is 5.37. The molecule has 2 aromatic rings. The van der Waals surface area contributed by atoms with E-state index in [2.05, 4.69) is 56.9 Å². The van der Waals surface area contributed by atoms with Gasteiger partial charge in [0.05, 0.1) is 0 Å². The summed E-state index contributed by atoms with van der Waals surface area (Å²) < 4.78 is 12.4. The minimum Gasteiger partial charge on any atom is -0.508 e. The van der Waals surface area contributed by atoms with Crippen LogP contribution in [0.15, 0.2) is 42.5 Å². The highest BCUT2D eigenvalue weighted by Gasteiger charge is 2.28. The Kier molecular flexibility index (Phi) is 5.73. The average Bonchev–Trinajstić information content (AvgIpc) is 2.99. The van der Waals surface area contributed by atoms with Gasteiger partial charge in [0.25, 0.3) is 0 Å². The molecule has 1 N–H and O–H groups in total. The molecule has 29 heavy (non-hydrogen) atoms. The number of benzene rings is 2. The maximum Gasteiger partial charge on any atom is 0.124 e. The molecule has 5 atom stereocenters. The van der Waals surface area contributed by atoms with Gasteiger partial charge in [-0.3, -0.25) is 4.90 Å². The lowest BCUT2D eigenvalue weighted by molar-refractivity contribution is 0.157. The first-order valence-electron chi connectivity index (χ1n) is 10.9. The largest absolute Gasteiger partial charge is 0.508 e. The lowest BCUT2D eigenvalue weighted by Gasteiger charge is -2.31. The number of phenols is 1. The van der Waals surface area contributed by atoms with Crippen LogP contribution in [0.4, 0.5) is 0 Å². The fourth-order valence-corrected chi connectivity index (χ4v) is 4.67. The molecule has 0 radical (unpaired) electrons. The second-order valence-corrected chi connectivity index (χ2v) is 9.14. The van der Waals surface area contributed by atoms with Gasteiger partial charge in [-0.15, -0.1) is 0 Å². The lowest BCUT2D eigenvalue weighted by Crippen LogP contribution is -2.32. The van der Waals surface area contributed by atoms with Crippen molar-refractivity contribution in [1.82, 2.24) is 4.90 Å². The first-order chi connectivity index (χ1) is 13.9. The van der Waals surface area contributed by atoms with Crippen LogP contribution in [0.5, 0.6) is 17.2 Å². The Morgan fingerprint density at radius 3 is 2.45 bits per heavy atom. The van der Waals surface area contributed by atoms with Crippen molar-refractivity contribution in [3.05, 3.63) is 53.6 Å². The van der Waals surface area contributed by atoms with Crippen LogP contribution in [0.2, 0.25) is 0 Å². The van der Waals surface area contributed by atoms with Gasteiger partial charge in [0, 0.05) is 25.2 Å². The Labute approximate surface area is 174 Å². The molecule has 2 aromatic carbocycles. The fourth-order valence-electron chi connectivity index (χ4n) is 4.67. The van der Waals surface area contributed by atoms with Crippen molar-refractivity contribution in [2.24, 2.45) is 11.8 Å². The Morgan fingerprint density at radius 1 is 1.07 bits per heavy atom. The quantitative estimate of drug-likeness (QED) is 0.738. The third-order valence-corrected chi connectivity index (χ3v) is 6.53. The molecule has 0 saturated carbocycles. The van der Waals surface area contributed by atoms with Crippen molar-refractivity contribution in [3.63, 3.8) is 0 Å². The zero-order valence-corrected chi connectivity index (χ0v) is 18.0. The first-order valence-corrected chi connectivity index (χ1v) is 10.9. The average molecular weight is 396 g/mol. The van der Waals surface area contributed by atoms with Gasteiger partial charge < -0.3 is 14.6 Å². The number of fused-ring (bicyclic) bond motifs is 1. The smallest absolute Gasteiger partial charge is 0.124 e. The monoisotopic (exact) mass is 395 g/mol. The van der Waals surface area contributed by atoms with Gasteiger partial charge in [0.1, 0.15) is 29.5 Å². The highest BCUT2D eigenvalue weighted by molar-refractivity contribution is 5.44. The Morgan fingerprint density at radius 2 is 1.76 bits per heavy atom. The molecule has 0 aromatic heterocycles. The summed E-state index contributed by atoms with van der Waals surface area (Å²) >= 11 is 0. The van der Waals surface area contributed by atoms with Gasteiger partial charge in [-0.2, -0.15) is 0 Å². The van der Waals surface area contributed by atoms with E-state index in [9.17, 15) is 5.11 Å². The zero-order chi connectivity index (χ0) is 20.5. The molecule has 156 valence electrons. The molecule has 0 aliphatic carbocycles. The normalized spacial score (nSPS) is 27.9. The number of rotatable bonds is 5. The molecular weight excluding hydrogens is 362 g/mol. The molecule has 1 saturated heterocycles. The van der Waals surface area contributed by atoms with Gasteiger partial charge in [-0.05, 0) is 67.0 Å². The Hall–Kier alpha value is -2.20. The van der Waals surface area contributed by atoms with E-state index in [1.807, 2.05) is 12.1 Å². The van der Waals surface area contributed by atoms with E-state index in [0.717, 1.165) is 47.4 Å². The van der Waals surface area contributed by atoms with E-state index in [1.165, 1.54) is 13.1 Å². The summed E-state index contributed by atoms with van der Waals surface area (Å²) in [5.74, 6) is 3.97. The van der Waals surface area contributed by atoms with Crippen LogP contribution < -0.4 is 9.47 Å². The minimum absolute atomic E-state index is 0.0288. The van der Waals surface area contributed by atoms with Crippen molar-refractivity contribution in [2.75, 3.05) is 19.6 Å². The van der Waals surface area contributed by atoms with Crippen molar-refractivity contribution >= 4 is 0 Å². The number of phenolic OH excluding ortho intramolecular Hbond substituents is 1. The third kappa shape index (κ3) is 4.53. The van der Waals surface area contributed by atoms with Crippen LogP contribution in [0.1, 0.15) is 57.3 Å². The van der Waals surface area contributed by atoms with Gasteiger partial charge in [0.2, 0.25) is 0 Å². The van der Waals surface area contributed by atoms with Crippen LogP contribution >= 0.6 is 0 Å². The summed E-state index contributed by atoms with van der Waals surface area (Å²) in [4.78, 5) is 2.51. The second-order valence-electron chi connectivity index (χ2n) is 9.14. The molecule has 0 amide bonds. The van der Waals surface area contributed by atoms with E-state index in [0.29, 0.717) is 11.7 Å². The standard InChI is InChI=1S/C25H33NO3/c1-16-11-25(29-24-10-7-21(27)12-23(16)24)20-5-8-22(9-6-20)28-19(4)15-26-13-17(2)18(3)14-26/h5-10,12,16-19,25,27H,11,13-15H2,1-4H3/t16-,17-,18+,19+,25+/m0/s1. The van der Waals surface area contributed by atoms with E-state index < -0.39 is 0 Å². The first kappa shape index (κ1) is 20.1. The summed E-state index contributed by atoms with van der Waals surface area (Å²) in [7, 11) is 0. The van der Waals surface area contributed by atoms with Crippen molar-refractivity contribution in [3.8, 4) is 17.2 Å². The fraction of sp³-hybridized carbons (Fsp3) is 0.520. The third-order valence-electron chi connectivity index (χ3n) is 6.53. The number of hydrogen-bond donors (Lipinski definition) is 1. The predicted molar refractivity (Wildman–Crippen MR) is 116 cm³/mol. The van der Waals surface area contributed by atoms with Gasteiger partial charge in [-0.25, -0.2) is 0 Å². The molecule has 0 unspecified atom stereocenters. The molecule has 1 fully saturated rings. The minimum atomic E-state index is 0.0288. The molecule has 2 heterocycles. The van der Waals surface area contributed by atoms with Crippen LogP contribution in [-0.2, 0) is 0 Å². The van der Waals surface area contributed by atoms with E-state index in [4.69, 9.17) is 9.47 Å². The van der Waals surface area contributed by atoms with Crippen LogP contribution in [0, 0.1) is 11.8 Å². The van der Waals surface area contributed by atoms with E-state index in [1.54, 1.807) is 6.07 Å².